The molecular formula is C19H18F3N7. The van der Waals surface area contributed by atoms with E-state index in [-0.39, 0.29) is 5.65 Å². The van der Waals surface area contributed by atoms with Gasteiger partial charge in [0.15, 0.2) is 17.2 Å². The summed E-state index contributed by atoms with van der Waals surface area (Å²) in [4.78, 5) is 20.3. The van der Waals surface area contributed by atoms with Crippen LogP contribution in [0.5, 0.6) is 0 Å². The van der Waals surface area contributed by atoms with E-state index < -0.39 is 11.9 Å². The van der Waals surface area contributed by atoms with Crippen molar-refractivity contribution in [3.8, 4) is 0 Å². The molecule has 0 unspecified atom stereocenters. The van der Waals surface area contributed by atoms with E-state index in [2.05, 4.69) is 24.8 Å². The number of para-hydroxylation sites is 2. The minimum atomic E-state index is -4.48. The highest BCUT2D eigenvalue weighted by Crippen LogP contribution is 2.30. The van der Waals surface area contributed by atoms with Crippen molar-refractivity contribution < 1.29 is 13.2 Å². The van der Waals surface area contributed by atoms with Crippen molar-refractivity contribution in [2.45, 2.75) is 12.7 Å². The van der Waals surface area contributed by atoms with E-state index >= 15 is 0 Å². The largest absolute Gasteiger partial charge is 0.434 e. The van der Waals surface area contributed by atoms with Crippen LogP contribution in [0.2, 0.25) is 0 Å². The van der Waals surface area contributed by atoms with Crippen molar-refractivity contribution in [2.75, 3.05) is 31.1 Å². The fraction of sp³-hybridized carbons (Fsp3) is 0.316. The quantitative estimate of drug-likeness (QED) is 0.572. The van der Waals surface area contributed by atoms with Crippen molar-refractivity contribution in [1.29, 1.82) is 0 Å². The third-order valence-electron chi connectivity index (χ3n) is 5.13. The molecule has 4 heterocycles. The average Bonchev–Trinajstić information content (AvgIpc) is 3.32. The Bertz CT molecular complexity index is 1120. The second-order valence-corrected chi connectivity index (χ2v) is 7.07. The monoisotopic (exact) mass is 401 g/mol. The first kappa shape index (κ1) is 17.9. The number of alkyl halides is 3. The number of hydrogen-bond acceptors (Lipinski definition) is 5. The zero-order valence-corrected chi connectivity index (χ0v) is 15.4. The van der Waals surface area contributed by atoms with Gasteiger partial charge in [-0.25, -0.2) is 15.0 Å². The summed E-state index contributed by atoms with van der Waals surface area (Å²) in [5, 5.41) is 0. The molecule has 0 atom stereocenters. The molecule has 5 rings (SSSR count). The van der Waals surface area contributed by atoms with Gasteiger partial charge in [-0.15, -0.1) is 0 Å². The van der Waals surface area contributed by atoms with Crippen LogP contribution >= 0.6 is 0 Å². The normalized spacial score (nSPS) is 16.2. The summed E-state index contributed by atoms with van der Waals surface area (Å²) in [5.41, 5.74) is 1.27. The third-order valence-corrected chi connectivity index (χ3v) is 5.13. The second-order valence-electron chi connectivity index (χ2n) is 7.07. The van der Waals surface area contributed by atoms with Gasteiger partial charge in [0, 0.05) is 44.8 Å². The molecule has 150 valence electrons. The molecule has 1 saturated heterocycles. The number of benzene rings is 1. The molecule has 10 heteroatoms. The number of aromatic amines is 1. The van der Waals surface area contributed by atoms with Gasteiger partial charge in [0.05, 0.1) is 17.6 Å². The smallest absolute Gasteiger partial charge is 0.351 e. The van der Waals surface area contributed by atoms with Gasteiger partial charge in [-0.3, -0.25) is 4.90 Å². The van der Waals surface area contributed by atoms with E-state index in [1.807, 2.05) is 29.2 Å². The molecule has 1 N–H and O–H groups in total. The van der Waals surface area contributed by atoms with Crippen LogP contribution in [-0.2, 0) is 12.7 Å². The molecule has 0 spiro atoms. The van der Waals surface area contributed by atoms with E-state index in [0.29, 0.717) is 25.5 Å². The van der Waals surface area contributed by atoms with Crippen molar-refractivity contribution in [3.63, 3.8) is 0 Å². The van der Waals surface area contributed by atoms with Crippen LogP contribution in [0.4, 0.5) is 19.0 Å². The predicted octanol–water partition coefficient (Wildman–Crippen LogP) is 2.95. The van der Waals surface area contributed by atoms with Crippen LogP contribution < -0.4 is 4.90 Å². The molecule has 1 aliphatic rings. The number of H-pyrrole nitrogens is 1. The SMILES string of the molecule is FC(F)(F)c1cn2ccnc(N3CCN(Cc4nc5ccccc5[nH]4)CC3)c2n1. The first-order valence-electron chi connectivity index (χ1n) is 9.29. The van der Waals surface area contributed by atoms with E-state index in [1.165, 1.54) is 16.8 Å². The Morgan fingerprint density at radius 2 is 1.83 bits per heavy atom. The third kappa shape index (κ3) is 3.39. The minimum absolute atomic E-state index is 0.227. The summed E-state index contributed by atoms with van der Waals surface area (Å²) in [6, 6.07) is 7.89. The average molecular weight is 401 g/mol. The van der Waals surface area contributed by atoms with Crippen molar-refractivity contribution in [3.05, 3.63) is 54.4 Å². The predicted molar refractivity (Wildman–Crippen MR) is 102 cm³/mol. The maximum atomic E-state index is 13.0. The number of imidazole rings is 2. The highest BCUT2D eigenvalue weighted by Gasteiger charge is 2.34. The molecule has 7 nitrogen and oxygen atoms in total. The number of anilines is 1. The molecular weight excluding hydrogens is 383 g/mol. The number of hydrogen-bond donors (Lipinski definition) is 1. The number of nitrogens with zero attached hydrogens (tertiary/aromatic N) is 6. The Kier molecular flexibility index (Phi) is 4.16. The zero-order chi connectivity index (χ0) is 20.0. The summed E-state index contributed by atoms with van der Waals surface area (Å²) >= 11 is 0. The molecule has 0 amide bonds. The first-order chi connectivity index (χ1) is 14.0. The molecule has 0 aliphatic carbocycles. The zero-order valence-electron chi connectivity index (χ0n) is 15.4. The highest BCUT2D eigenvalue weighted by atomic mass is 19.4. The van der Waals surface area contributed by atoms with Gasteiger partial charge in [-0.1, -0.05) is 12.1 Å². The Morgan fingerprint density at radius 3 is 2.59 bits per heavy atom. The lowest BCUT2D eigenvalue weighted by atomic mass is 10.3. The number of piperazine rings is 1. The van der Waals surface area contributed by atoms with Crippen LogP contribution in [0.1, 0.15) is 11.5 Å². The van der Waals surface area contributed by atoms with Gasteiger partial charge in [-0.05, 0) is 12.1 Å². The van der Waals surface area contributed by atoms with E-state index in [0.717, 1.165) is 36.1 Å². The minimum Gasteiger partial charge on any atom is -0.351 e. The Labute approximate surface area is 163 Å². The van der Waals surface area contributed by atoms with Crippen molar-refractivity contribution in [1.82, 2.24) is 29.2 Å². The molecule has 0 saturated carbocycles. The lowest BCUT2D eigenvalue weighted by Crippen LogP contribution is -2.46. The van der Waals surface area contributed by atoms with Crippen LogP contribution in [-0.4, -0.2) is 55.4 Å². The Hall–Kier alpha value is -3.14. The summed E-state index contributed by atoms with van der Waals surface area (Å²) in [7, 11) is 0. The fourth-order valence-corrected chi connectivity index (χ4v) is 3.68. The maximum Gasteiger partial charge on any atom is 0.434 e. The standard InChI is InChI=1S/C19H18F3N7/c20-19(21,22)15-11-29-6-5-23-17(18(29)26-15)28-9-7-27(8-10-28)12-16-24-13-3-1-2-4-14(13)25-16/h1-6,11H,7-10,12H2,(H,24,25). The van der Waals surface area contributed by atoms with Crippen LogP contribution in [0.25, 0.3) is 16.7 Å². The van der Waals surface area contributed by atoms with Crippen LogP contribution in [0.15, 0.2) is 42.9 Å². The molecule has 3 aromatic heterocycles. The van der Waals surface area contributed by atoms with E-state index in [9.17, 15) is 13.2 Å². The number of fused-ring (bicyclic) bond motifs is 2. The van der Waals surface area contributed by atoms with Crippen LogP contribution in [0, 0.1) is 0 Å². The van der Waals surface area contributed by atoms with Gasteiger partial charge in [0.2, 0.25) is 0 Å². The Morgan fingerprint density at radius 1 is 1.03 bits per heavy atom. The fourth-order valence-electron chi connectivity index (χ4n) is 3.68. The van der Waals surface area contributed by atoms with Gasteiger partial charge in [0.1, 0.15) is 5.82 Å². The number of rotatable bonds is 3. The number of aromatic nitrogens is 5. The second kappa shape index (κ2) is 6.73. The number of halogens is 3. The molecule has 0 bridgehead atoms. The lowest BCUT2D eigenvalue weighted by Gasteiger charge is -2.34. The van der Waals surface area contributed by atoms with Crippen molar-refractivity contribution >= 4 is 22.5 Å². The van der Waals surface area contributed by atoms with Crippen LogP contribution in [0.3, 0.4) is 0 Å². The van der Waals surface area contributed by atoms with Gasteiger partial charge in [0.25, 0.3) is 0 Å². The van der Waals surface area contributed by atoms with Gasteiger partial charge in [-0.2, -0.15) is 13.2 Å². The lowest BCUT2D eigenvalue weighted by molar-refractivity contribution is -0.140. The topological polar surface area (TPSA) is 65.3 Å². The highest BCUT2D eigenvalue weighted by molar-refractivity contribution is 5.74. The summed E-state index contributed by atoms with van der Waals surface area (Å²) in [5.74, 6) is 1.38. The molecule has 4 aromatic rings. The van der Waals surface area contributed by atoms with E-state index in [1.54, 1.807) is 0 Å². The molecule has 1 aliphatic heterocycles. The number of nitrogens with one attached hydrogen (secondary N) is 1. The molecule has 1 aromatic carbocycles. The van der Waals surface area contributed by atoms with E-state index in [4.69, 9.17) is 0 Å². The molecule has 1 fully saturated rings. The molecule has 29 heavy (non-hydrogen) atoms. The van der Waals surface area contributed by atoms with Gasteiger partial charge >= 0.3 is 6.18 Å². The maximum absolute atomic E-state index is 13.0. The van der Waals surface area contributed by atoms with Crippen molar-refractivity contribution in [2.24, 2.45) is 0 Å². The summed E-state index contributed by atoms with van der Waals surface area (Å²) in [6.07, 6.45) is -0.489. The summed E-state index contributed by atoms with van der Waals surface area (Å²) < 4.78 is 40.4. The van der Waals surface area contributed by atoms with Gasteiger partial charge < -0.3 is 14.3 Å². The first-order valence-corrected chi connectivity index (χ1v) is 9.29. The molecule has 0 radical (unpaired) electrons. The summed E-state index contributed by atoms with van der Waals surface area (Å²) in [6.45, 7) is 3.52. The Balaban J connectivity index is 1.31.